The highest BCUT2D eigenvalue weighted by molar-refractivity contribution is 7.17. The Bertz CT molecular complexity index is 1200. The Balaban J connectivity index is 2.07. The molecule has 1 amide bonds. The SMILES string of the molecule is CCc1nc2scc(C(=O)O)c2c(=O)n1C(C)C(=O)Nc1ccccc1C(F)(F)F. The lowest BCUT2D eigenvalue weighted by molar-refractivity contribution is -0.137. The van der Waals surface area contributed by atoms with Crippen LogP contribution in [0.1, 0.15) is 41.6 Å². The van der Waals surface area contributed by atoms with E-state index in [9.17, 15) is 32.7 Å². The van der Waals surface area contributed by atoms with Crippen LogP contribution in [0, 0.1) is 0 Å². The van der Waals surface area contributed by atoms with E-state index in [1.807, 2.05) is 0 Å². The van der Waals surface area contributed by atoms with Crippen LogP contribution in [0.15, 0.2) is 34.4 Å². The Labute approximate surface area is 171 Å². The number of hydrogen-bond acceptors (Lipinski definition) is 5. The molecule has 30 heavy (non-hydrogen) atoms. The van der Waals surface area contributed by atoms with Crippen LogP contribution in [0.25, 0.3) is 10.2 Å². The number of aromatic nitrogens is 2. The molecule has 0 aliphatic carbocycles. The van der Waals surface area contributed by atoms with Gasteiger partial charge >= 0.3 is 12.1 Å². The number of carboxylic acid groups (broad SMARTS) is 1. The van der Waals surface area contributed by atoms with Crippen LogP contribution in [0.2, 0.25) is 0 Å². The van der Waals surface area contributed by atoms with Crippen LogP contribution in [0.3, 0.4) is 0 Å². The minimum atomic E-state index is -4.67. The number of rotatable bonds is 5. The number of benzene rings is 1. The maximum absolute atomic E-state index is 13.2. The Kier molecular flexibility index (Phi) is 5.66. The Hall–Kier alpha value is -3.21. The lowest BCUT2D eigenvalue weighted by atomic mass is 10.1. The minimum Gasteiger partial charge on any atom is -0.478 e. The molecule has 3 aromatic rings. The summed E-state index contributed by atoms with van der Waals surface area (Å²) in [6, 6.07) is 3.26. The molecule has 0 fully saturated rings. The number of aryl methyl sites for hydroxylation is 1. The van der Waals surface area contributed by atoms with Crippen LogP contribution in [0.4, 0.5) is 18.9 Å². The van der Waals surface area contributed by atoms with Gasteiger partial charge in [0, 0.05) is 11.8 Å². The standard InChI is InChI=1S/C19H16F3N3O4S/c1-3-13-24-16-14(10(8-30-16)18(28)29)17(27)25(13)9(2)15(26)23-12-7-5-4-6-11(12)19(20,21)22/h4-9H,3H2,1-2H3,(H,23,26)(H,28,29). The van der Waals surface area contributed by atoms with E-state index in [1.165, 1.54) is 24.4 Å². The van der Waals surface area contributed by atoms with Crippen molar-refractivity contribution in [3.63, 3.8) is 0 Å². The van der Waals surface area contributed by atoms with E-state index in [-0.39, 0.29) is 28.0 Å². The highest BCUT2D eigenvalue weighted by Gasteiger charge is 2.34. The van der Waals surface area contributed by atoms with Gasteiger partial charge in [-0.25, -0.2) is 9.78 Å². The van der Waals surface area contributed by atoms with E-state index < -0.39 is 40.9 Å². The number of halogens is 3. The van der Waals surface area contributed by atoms with E-state index in [4.69, 9.17) is 0 Å². The van der Waals surface area contributed by atoms with E-state index in [0.29, 0.717) is 0 Å². The van der Waals surface area contributed by atoms with Gasteiger partial charge in [0.25, 0.3) is 5.56 Å². The van der Waals surface area contributed by atoms with Gasteiger partial charge in [0.1, 0.15) is 16.7 Å². The topological polar surface area (TPSA) is 101 Å². The number of alkyl halides is 3. The number of fused-ring (bicyclic) bond motifs is 1. The fourth-order valence-corrected chi connectivity index (χ4v) is 3.97. The van der Waals surface area contributed by atoms with Crippen molar-refractivity contribution in [2.24, 2.45) is 0 Å². The average Bonchev–Trinajstić information content (AvgIpc) is 3.11. The first-order valence-corrected chi connectivity index (χ1v) is 9.67. The first-order valence-electron chi connectivity index (χ1n) is 8.79. The number of amides is 1. The van der Waals surface area contributed by atoms with Crippen LogP contribution >= 0.6 is 11.3 Å². The van der Waals surface area contributed by atoms with Crippen LogP contribution in [0.5, 0.6) is 0 Å². The van der Waals surface area contributed by atoms with Crippen LogP contribution in [-0.2, 0) is 17.4 Å². The lowest BCUT2D eigenvalue weighted by Gasteiger charge is -2.20. The zero-order valence-corrected chi connectivity index (χ0v) is 16.6. The number of aromatic carboxylic acids is 1. The van der Waals surface area contributed by atoms with Gasteiger partial charge in [0.05, 0.1) is 22.2 Å². The molecule has 1 aromatic carbocycles. The van der Waals surface area contributed by atoms with Crippen molar-refractivity contribution < 1.29 is 27.9 Å². The molecule has 1 atom stereocenters. The molecule has 158 valence electrons. The number of carbonyl (C=O) groups is 2. The summed E-state index contributed by atoms with van der Waals surface area (Å²) >= 11 is 0.991. The molecule has 7 nitrogen and oxygen atoms in total. The Morgan fingerprint density at radius 2 is 1.97 bits per heavy atom. The third-order valence-electron chi connectivity index (χ3n) is 4.52. The molecule has 1 unspecified atom stereocenters. The zero-order valence-electron chi connectivity index (χ0n) is 15.8. The van der Waals surface area contributed by atoms with Gasteiger partial charge in [-0.3, -0.25) is 14.2 Å². The van der Waals surface area contributed by atoms with E-state index in [0.717, 1.165) is 28.0 Å². The molecule has 2 heterocycles. The van der Waals surface area contributed by atoms with Gasteiger partial charge in [-0.1, -0.05) is 19.1 Å². The summed E-state index contributed by atoms with van der Waals surface area (Å²) in [6.07, 6.45) is -4.42. The summed E-state index contributed by atoms with van der Waals surface area (Å²) < 4.78 is 40.6. The molecule has 0 saturated carbocycles. The largest absolute Gasteiger partial charge is 0.478 e. The van der Waals surface area contributed by atoms with Gasteiger partial charge in [-0.15, -0.1) is 11.3 Å². The first-order chi connectivity index (χ1) is 14.1. The number of nitrogens with one attached hydrogen (secondary N) is 1. The molecule has 3 rings (SSSR count). The number of para-hydroxylation sites is 1. The summed E-state index contributed by atoms with van der Waals surface area (Å²) in [5.74, 6) is -1.96. The van der Waals surface area contributed by atoms with Crippen LogP contribution < -0.4 is 10.9 Å². The van der Waals surface area contributed by atoms with E-state index >= 15 is 0 Å². The molecule has 2 N–H and O–H groups in total. The molecule has 0 saturated heterocycles. The molecule has 0 aliphatic rings. The second-order valence-electron chi connectivity index (χ2n) is 6.40. The lowest BCUT2D eigenvalue weighted by Crippen LogP contribution is -2.35. The van der Waals surface area contributed by atoms with Gasteiger partial charge in [-0.05, 0) is 19.1 Å². The number of anilines is 1. The molecular formula is C19H16F3N3O4S. The fourth-order valence-electron chi connectivity index (χ4n) is 3.05. The maximum Gasteiger partial charge on any atom is 0.418 e. The minimum absolute atomic E-state index is 0.139. The van der Waals surface area contributed by atoms with E-state index in [2.05, 4.69) is 10.3 Å². The van der Waals surface area contributed by atoms with Crippen LogP contribution in [-0.4, -0.2) is 26.5 Å². The third-order valence-corrected chi connectivity index (χ3v) is 5.39. The van der Waals surface area contributed by atoms with Gasteiger partial charge in [-0.2, -0.15) is 13.2 Å². The predicted molar refractivity (Wildman–Crippen MR) is 105 cm³/mol. The maximum atomic E-state index is 13.2. The van der Waals surface area contributed by atoms with Crippen molar-refractivity contribution in [2.45, 2.75) is 32.5 Å². The number of carbonyl (C=O) groups excluding carboxylic acids is 1. The summed E-state index contributed by atoms with van der Waals surface area (Å²) in [5, 5.41) is 12.7. The second kappa shape index (κ2) is 7.90. The number of thiophene rings is 1. The predicted octanol–water partition coefficient (Wildman–Crippen LogP) is 3.94. The fraction of sp³-hybridized carbons (Fsp3) is 0.263. The number of nitrogens with zero attached hydrogens (tertiary/aromatic N) is 2. The van der Waals surface area contributed by atoms with E-state index in [1.54, 1.807) is 6.92 Å². The van der Waals surface area contributed by atoms with Crippen molar-refractivity contribution >= 4 is 39.1 Å². The smallest absolute Gasteiger partial charge is 0.418 e. The molecular weight excluding hydrogens is 423 g/mol. The monoisotopic (exact) mass is 439 g/mol. The Morgan fingerprint density at radius 1 is 1.30 bits per heavy atom. The van der Waals surface area contributed by atoms with Crippen molar-refractivity contribution in [3.05, 3.63) is 57.0 Å². The van der Waals surface area contributed by atoms with Crippen molar-refractivity contribution in [3.8, 4) is 0 Å². The number of hydrogen-bond donors (Lipinski definition) is 2. The highest BCUT2D eigenvalue weighted by atomic mass is 32.1. The second-order valence-corrected chi connectivity index (χ2v) is 7.26. The summed E-state index contributed by atoms with van der Waals surface area (Å²) in [5.41, 5.74) is -2.43. The summed E-state index contributed by atoms with van der Waals surface area (Å²) in [4.78, 5) is 41.7. The molecule has 0 aliphatic heterocycles. The molecule has 0 bridgehead atoms. The summed E-state index contributed by atoms with van der Waals surface area (Å²) in [7, 11) is 0. The van der Waals surface area contributed by atoms with Crippen molar-refractivity contribution in [1.29, 1.82) is 0 Å². The number of carboxylic acids is 1. The molecule has 11 heteroatoms. The first kappa shape index (κ1) is 21.5. The normalized spacial score (nSPS) is 12.7. The molecule has 0 radical (unpaired) electrons. The quantitative estimate of drug-likeness (QED) is 0.627. The molecule has 2 aromatic heterocycles. The third kappa shape index (κ3) is 3.80. The van der Waals surface area contributed by atoms with Crippen molar-refractivity contribution in [1.82, 2.24) is 9.55 Å². The zero-order chi connectivity index (χ0) is 22.2. The Morgan fingerprint density at radius 3 is 2.57 bits per heavy atom. The highest BCUT2D eigenvalue weighted by Crippen LogP contribution is 2.35. The summed E-state index contributed by atoms with van der Waals surface area (Å²) in [6.45, 7) is 3.03. The van der Waals surface area contributed by atoms with Crippen molar-refractivity contribution in [2.75, 3.05) is 5.32 Å². The van der Waals surface area contributed by atoms with Gasteiger partial charge in [0.2, 0.25) is 5.91 Å². The molecule has 0 spiro atoms. The van der Waals surface area contributed by atoms with Gasteiger partial charge in [0.15, 0.2) is 0 Å². The van der Waals surface area contributed by atoms with Gasteiger partial charge < -0.3 is 10.4 Å². The average molecular weight is 439 g/mol.